The fourth-order valence-corrected chi connectivity index (χ4v) is 1.96. The Morgan fingerprint density at radius 1 is 1.37 bits per heavy atom. The zero-order valence-electron chi connectivity index (χ0n) is 12.1. The molecule has 0 spiro atoms. The summed E-state index contributed by atoms with van der Waals surface area (Å²) < 4.78 is 5.22. The second kappa shape index (κ2) is 6.57. The van der Waals surface area contributed by atoms with Crippen LogP contribution >= 0.6 is 0 Å². The average molecular weight is 265 g/mol. The van der Waals surface area contributed by atoms with E-state index < -0.39 is 5.54 Å². The van der Waals surface area contributed by atoms with Gasteiger partial charge in [-0.25, -0.2) is 0 Å². The van der Waals surface area contributed by atoms with E-state index >= 15 is 0 Å². The minimum atomic E-state index is -0.546. The van der Waals surface area contributed by atoms with E-state index in [-0.39, 0.29) is 12.5 Å². The van der Waals surface area contributed by atoms with Gasteiger partial charge in [-0.2, -0.15) is 0 Å². The van der Waals surface area contributed by atoms with Crippen molar-refractivity contribution < 1.29 is 14.6 Å². The summed E-state index contributed by atoms with van der Waals surface area (Å²) in [6.07, 6.45) is 1.38. The molecule has 0 aliphatic carbocycles. The van der Waals surface area contributed by atoms with Gasteiger partial charge in [0.05, 0.1) is 19.3 Å². The van der Waals surface area contributed by atoms with Crippen molar-refractivity contribution in [2.45, 2.75) is 39.2 Å². The molecule has 0 aromatic heterocycles. The first-order chi connectivity index (χ1) is 9.01. The number of hydrogen-bond donors (Lipinski definition) is 2. The zero-order chi connectivity index (χ0) is 14.5. The molecule has 1 aromatic rings. The van der Waals surface area contributed by atoms with E-state index in [2.05, 4.69) is 5.32 Å². The summed E-state index contributed by atoms with van der Waals surface area (Å²) in [5.74, 6) is 0.506. The van der Waals surface area contributed by atoms with Crippen LogP contribution in [0.15, 0.2) is 18.2 Å². The number of aliphatic hydroxyl groups excluding tert-OH is 1. The topological polar surface area (TPSA) is 58.6 Å². The number of carbonyl (C=O) groups is 1. The summed E-state index contributed by atoms with van der Waals surface area (Å²) in [6, 6.07) is 5.34. The highest BCUT2D eigenvalue weighted by Crippen LogP contribution is 2.20. The van der Waals surface area contributed by atoms with Crippen molar-refractivity contribution in [3.05, 3.63) is 29.3 Å². The van der Waals surface area contributed by atoms with E-state index in [0.717, 1.165) is 5.56 Å². The maximum atomic E-state index is 12.2. The Balaban J connectivity index is 2.94. The summed E-state index contributed by atoms with van der Waals surface area (Å²) in [5, 5.41) is 12.4. The van der Waals surface area contributed by atoms with Gasteiger partial charge in [0.2, 0.25) is 0 Å². The third-order valence-electron chi connectivity index (χ3n) is 3.71. The Bertz CT molecular complexity index is 431. The number of nitrogens with one attached hydrogen (secondary N) is 1. The standard InChI is InChI=1S/C15H23NO3/c1-5-15(6-2,10-17)16-14(18)12-8-7-11(3)13(9-12)19-4/h7-9,17H,5-6,10H2,1-4H3,(H,16,18). The summed E-state index contributed by atoms with van der Waals surface area (Å²) in [6.45, 7) is 5.77. The molecule has 2 N–H and O–H groups in total. The number of aliphatic hydroxyl groups is 1. The quantitative estimate of drug-likeness (QED) is 0.829. The van der Waals surface area contributed by atoms with Crippen LogP contribution in [0, 0.1) is 6.92 Å². The lowest BCUT2D eigenvalue weighted by Gasteiger charge is -2.30. The van der Waals surface area contributed by atoms with Crippen molar-refractivity contribution in [2.75, 3.05) is 13.7 Å². The number of amides is 1. The molecule has 1 amide bonds. The first-order valence-electron chi connectivity index (χ1n) is 6.60. The normalized spacial score (nSPS) is 11.2. The second-order valence-electron chi connectivity index (χ2n) is 4.78. The SMILES string of the molecule is CCC(CC)(CO)NC(=O)c1ccc(C)c(OC)c1. The highest BCUT2D eigenvalue weighted by Gasteiger charge is 2.27. The molecule has 0 unspecified atom stereocenters. The molecule has 0 saturated heterocycles. The number of rotatable bonds is 6. The highest BCUT2D eigenvalue weighted by molar-refractivity contribution is 5.95. The number of ether oxygens (including phenoxy) is 1. The van der Waals surface area contributed by atoms with Crippen LogP contribution in [-0.4, -0.2) is 30.3 Å². The van der Waals surface area contributed by atoms with Crippen molar-refractivity contribution in [3.8, 4) is 5.75 Å². The molecule has 1 rings (SSSR count). The first-order valence-corrected chi connectivity index (χ1v) is 6.60. The summed E-state index contributed by atoms with van der Waals surface area (Å²) >= 11 is 0. The van der Waals surface area contributed by atoms with Gasteiger partial charge in [0.15, 0.2) is 0 Å². The Hall–Kier alpha value is -1.55. The lowest BCUT2D eigenvalue weighted by molar-refractivity contribution is 0.0817. The molecule has 0 heterocycles. The lowest BCUT2D eigenvalue weighted by Crippen LogP contribution is -2.50. The fourth-order valence-electron chi connectivity index (χ4n) is 1.96. The first kappa shape index (κ1) is 15.5. The van der Waals surface area contributed by atoms with Crippen molar-refractivity contribution >= 4 is 5.91 Å². The van der Waals surface area contributed by atoms with E-state index in [1.165, 1.54) is 0 Å². The molecule has 0 fully saturated rings. The van der Waals surface area contributed by atoms with Crippen LogP contribution in [0.2, 0.25) is 0 Å². The minimum Gasteiger partial charge on any atom is -0.496 e. The fraction of sp³-hybridized carbons (Fsp3) is 0.533. The third-order valence-corrected chi connectivity index (χ3v) is 3.71. The second-order valence-corrected chi connectivity index (χ2v) is 4.78. The summed E-state index contributed by atoms with van der Waals surface area (Å²) in [5.41, 5.74) is 0.982. The van der Waals surface area contributed by atoms with Gasteiger partial charge in [0, 0.05) is 5.56 Å². The molecule has 1 aromatic carbocycles. The minimum absolute atomic E-state index is 0.0608. The largest absolute Gasteiger partial charge is 0.496 e. The summed E-state index contributed by atoms with van der Waals surface area (Å²) in [7, 11) is 1.58. The van der Waals surface area contributed by atoms with Gasteiger partial charge in [-0.3, -0.25) is 4.79 Å². The molecule has 0 aliphatic heterocycles. The van der Waals surface area contributed by atoms with Crippen LogP contribution in [0.25, 0.3) is 0 Å². The Morgan fingerprint density at radius 3 is 2.47 bits per heavy atom. The van der Waals surface area contributed by atoms with Gasteiger partial charge >= 0.3 is 0 Å². The molecule has 0 saturated carbocycles. The monoisotopic (exact) mass is 265 g/mol. The van der Waals surface area contributed by atoms with Gasteiger partial charge in [-0.1, -0.05) is 19.9 Å². The average Bonchev–Trinajstić information content (AvgIpc) is 2.45. The third kappa shape index (κ3) is 3.47. The van der Waals surface area contributed by atoms with E-state index in [9.17, 15) is 9.90 Å². The number of hydrogen-bond acceptors (Lipinski definition) is 3. The predicted octanol–water partition coefficient (Wildman–Crippen LogP) is 2.28. The van der Waals surface area contributed by atoms with E-state index in [0.29, 0.717) is 24.2 Å². The number of methoxy groups -OCH3 is 1. The smallest absolute Gasteiger partial charge is 0.251 e. The van der Waals surface area contributed by atoms with E-state index in [1.807, 2.05) is 26.8 Å². The lowest BCUT2D eigenvalue weighted by atomic mass is 9.93. The molecule has 4 nitrogen and oxygen atoms in total. The molecular weight excluding hydrogens is 242 g/mol. The number of benzene rings is 1. The van der Waals surface area contributed by atoms with Crippen LogP contribution < -0.4 is 10.1 Å². The Kier molecular flexibility index (Phi) is 5.36. The highest BCUT2D eigenvalue weighted by atomic mass is 16.5. The van der Waals surface area contributed by atoms with Gasteiger partial charge in [0.1, 0.15) is 5.75 Å². The van der Waals surface area contributed by atoms with Crippen LogP contribution in [0.5, 0.6) is 5.75 Å². The Labute approximate surface area is 114 Å². The molecular formula is C15H23NO3. The van der Waals surface area contributed by atoms with Crippen LogP contribution in [0.3, 0.4) is 0 Å². The van der Waals surface area contributed by atoms with Crippen LogP contribution in [0.1, 0.15) is 42.6 Å². The van der Waals surface area contributed by atoms with Gasteiger partial charge in [-0.05, 0) is 37.5 Å². The molecule has 0 bridgehead atoms. The maximum Gasteiger partial charge on any atom is 0.251 e. The maximum absolute atomic E-state index is 12.2. The summed E-state index contributed by atoms with van der Waals surface area (Å²) in [4.78, 5) is 12.2. The predicted molar refractivity (Wildman–Crippen MR) is 75.6 cm³/mol. The number of carbonyl (C=O) groups excluding carboxylic acids is 1. The van der Waals surface area contributed by atoms with Crippen molar-refractivity contribution in [3.63, 3.8) is 0 Å². The van der Waals surface area contributed by atoms with Gasteiger partial charge in [-0.15, -0.1) is 0 Å². The molecule has 0 radical (unpaired) electrons. The Morgan fingerprint density at radius 2 is 2.00 bits per heavy atom. The van der Waals surface area contributed by atoms with Crippen LogP contribution in [-0.2, 0) is 0 Å². The van der Waals surface area contributed by atoms with Crippen molar-refractivity contribution in [2.24, 2.45) is 0 Å². The van der Waals surface area contributed by atoms with Gasteiger partial charge in [0.25, 0.3) is 5.91 Å². The van der Waals surface area contributed by atoms with Crippen molar-refractivity contribution in [1.29, 1.82) is 0 Å². The van der Waals surface area contributed by atoms with E-state index in [1.54, 1.807) is 19.2 Å². The van der Waals surface area contributed by atoms with Crippen molar-refractivity contribution in [1.82, 2.24) is 5.32 Å². The molecule has 106 valence electrons. The van der Waals surface area contributed by atoms with Gasteiger partial charge < -0.3 is 15.2 Å². The molecule has 0 aliphatic rings. The zero-order valence-corrected chi connectivity index (χ0v) is 12.1. The van der Waals surface area contributed by atoms with E-state index in [4.69, 9.17) is 4.74 Å². The molecule has 0 atom stereocenters. The molecule has 4 heteroatoms. The number of aryl methyl sites for hydroxylation is 1. The molecule has 19 heavy (non-hydrogen) atoms. The van der Waals surface area contributed by atoms with Crippen LogP contribution in [0.4, 0.5) is 0 Å².